The minimum absolute atomic E-state index is 0.0685. The summed E-state index contributed by atoms with van der Waals surface area (Å²) in [4.78, 5) is 11.8. The van der Waals surface area contributed by atoms with Crippen LogP contribution in [0.5, 0.6) is 0 Å². The molecule has 146 valence electrons. The van der Waals surface area contributed by atoms with Crippen molar-refractivity contribution in [2.24, 2.45) is 11.1 Å². The molecule has 0 N–H and O–H groups in total. The zero-order valence-electron chi connectivity index (χ0n) is 14.0. The van der Waals surface area contributed by atoms with Crippen molar-refractivity contribution in [1.29, 1.82) is 0 Å². The van der Waals surface area contributed by atoms with Gasteiger partial charge in [-0.25, -0.2) is 9.37 Å². The Hall–Kier alpha value is -1.87. The molecule has 0 spiro atoms. The zero-order valence-corrected chi connectivity index (χ0v) is 15.6. The van der Waals surface area contributed by atoms with Gasteiger partial charge in [-0.15, -0.1) is 0 Å². The monoisotopic (exact) mass is 421 g/mol. The molecule has 1 fully saturated rings. The first kappa shape index (κ1) is 19.9. The highest BCUT2D eigenvalue weighted by molar-refractivity contribution is 7.17. The summed E-state index contributed by atoms with van der Waals surface area (Å²) >= 11 is 7.20. The first-order valence-electron chi connectivity index (χ1n) is 8.20. The Morgan fingerprint density at radius 1 is 1.33 bits per heavy atom. The first-order valence-corrected chi connectivity index (χ1v) is 9.40. The van der Waals surface area contributed by atoms with Crippen LogP contribution < -0.4 is 4.90 Å². The molecule has 0 atom stereocenters. The van der Waals surface area contributed by atoms with E-state index in [1.54, 1.807) is 12.3 Å². The van der Waals surface area contributed by atoms with Gasteiger partial charge in [0.25, 0.3) is 0 Å². The second-order valence-electron chi connectivity index (χ2n) is 6.06. The Labute approximate surface area is 162 Å². The Morgan fingerprint density at radius 3 is 2.74 bits per heavy atom. The summed E-state index contributed by atoms with van der Waals surface area (Å²) in [6.07, 6.45) is -1.000. The SMILES string of the molecule is Fc1cccc(Cl)c1CO/N=C\c1cnc(N2CCC(C(F)(F)F)CC2)s1. The molecule has 10 heteroatoms. The zero-order chi connectivity index (χ0) is 19.4. The topological polar surface area (TPSA) is 37.7 Å². The lowest BCUT2D eigenvalue weighted by Gasteiger charge is -2.32. The number of oxime groups is 1. The van der Waals surface area contributed by atoms with E-state index >= 15 is 0 Å². The molecule has 27 heavy (non-hydrogen) atoms. The Morgan fingerprint density at radius 2 is 2.07 bits per heavy atom. The molecule has 1 saturated heterocycles. The van der Waals surface area contributed by atoms with Gasteiger partial charge in [-0.05, 0) is 25.0 Å². The average molecular weight is 422 g/mol. The van der Waals surface area contributed by atoms with Gasteiger partial charge in [-0.2, -0.15) is 13.2 Å². The second-order valence-corrected chi connectivity index (χ2v) is 7.50. The summed E-state index contributed by atoms with van der Waals surface area (Å²) < 4.78 is 51.8. The van der Waals surface area contributed by atoms with Crippen LogP contribution in [0.25, 0.3) is 0 Å². The maximum Gasteiger partial charge on any atom is 0.391 e. The number of hydrogen-bond donors (Lipinski definition) is 0. The summed E-state index contributed by atoms with van der Waals surface area (Å²) in [5.41, 5.74) is 0.217. The molecule has 4 nitrogen and oxygen atoms in total. The van der Waals surface area contributed by atoms with Crippen molar-refractivity contribution in [3.8, 4) is 0 Å². The predicted molar refractivity (Wildman–Crippen MR) is 96.9 cm³/mol. The van der Waals surface area contributed by atoms with Gasteiger partial charge in [0.1, 0.15) is 12.4 Å². The molecule has 0 saturated carbocycles. The van der Waals surface area contributed by atoms with Crippen LogP contribution in [0.4, 0.5) is 22.7 Å². The first-order chi connectivity index (χ1) is 12.8. The molecular weight excluding hydrogens is 406 g/mol. The number of hydrogen-bond acceptors (Lipinski definition) is 5. The van der Waals surface area contributed by atoms with Gasteiger partial charge in [-0.3, -0.25) is 0 Å². The minimum atomic E-state index is -4.13. The second kappa shape index (κ2) is 8.43. The van der Waals surface area contributed by atoms with Gasteiger partial charge in [0.2, 0.25) is 0 Å². The number of thiazole rings is 1. The van der Waals surface area contributed by atoms with Gasteiger partial charge in [0.15, 0.2) is 5.13 Å². The number of nitrogens with zero attached hydrogens (tertiary/aromatic N) is 3. The smallest absolute Gasteiger partial charge is 0.391 e. The number of benzene rings is 1. The van der Waals surface area contributed by atoms with Gasteiger partial charge >= 0.3 is 6.18 Å². The molecule has 0 aliphatic carbocycles. The van der Waals surface area contributed by atoms with Crippen molar-refractivity contribution in [3.63, 3.8) is 0 Å². The fourth-order valence-corrected chi connectivity index (χ4v) is 3.79. The Bertz CT molecular complexity index is 783. The molecule has 0 radical (unpaired) electrons. The molecule has 1 aromatic carbocycles. The third-order valence-corrected chi connectivity index (χ3v) is 5.61. The predicted octanol–water partition coefficient (Wildman–Crippen LogP) is 5.27. The van der Waals surface area contributed by atoms with Crippen molar-refractivity contribution in [2.45, 2.75) is 25.6 Å². The minimum Gasteiger partial charge on any atom is -0.391 e. The molecule has 3 rings (SSSR count). The maximum atomic E-state index is 13.6. The number of alkyl halides is 3. The number of aromatic nitrogens is 1. The van der Waals surface area contributed by atoms with Crippen molar-refractivity contribution in [2.75, 3.05) is 18.0 Å². The Kier molecular flexibility index (Phi) is 6.21. The highest BCUT2D eigenvalue weighted by Crippen LogP contribution is 2.36. The highest BCUT2D eigenvalue weighted by atomic mass is 35.5. The third-order valence-electron chi connectivity index (χ3n) is 4.26. The number of anilines is 1. The van der Waals surface area contributed by atoms with E-state index in [4.69, 9.17) is 16.4 Å². The standard InChI is InChI=1S/C17H16ClF4N3OS/c18-14-2-1-3-15(19)13(14)10-26-24-9-12-8-23-16(27-12)25-6-4-11(5-7-25)17(20,21)22/h1-3,8-9,11H,4-7,10H2/b24-9-. The third kappa shape index (κ3) is 5.10. The molecule has 2 heterocycles. The number of piperidine rings is 1. The summed E-state index contributed by atoms with van der Waals surface area (Å²) in [6.45, 7) is 0.520. The van der Waals surface area contributed by atoms with Crippen molar-refractivity contribution in [1.82, 2.24) is 4.98 Å². The quantitative estimate of drug-likeness (QED) is 0.375. The Balaban J connectivity index is 1.52. The molecule has 0 bridgehead atoms. The van der Waals surface area contributed by atoms with E-state index in [-0.39, 0.29) is 30.0 Å². The summed E-state index contributed by atoms with van der Waals surface area (Å²) in [7, 11) is 0. The van der Waals surface area contributed by atoms with Crippen LogP contribution >= 0.6 is 22.9 Å². The van der Waals surface area contributed by atoms with Gasteiger partial charge < -0.3 is 9.74 Å². The highest BCUT2D eigenvalue weighted by Gasteiger charge is 2.41. The molecule has 0 unspecified atom stereocenters. The summed E-state index contributed by atoms with van der Waals surface area (Å²) in [5.74, 6) is -1.71. The van der Waals surface area contributed by atoms with Crippen LogP contribution in [0, 0.1) is 11.7 Å². The van der Waals surface area contributed by atoms with Crippen molar-refractivity contribution in [3.05, 3.63) is 45.7 Å². The van der Waals surface area contributed by atoms with E-state index < -0.39 is 17.9 Å². The van der Waals surface area contributed by atoms with E-state index in [2.05, 4.69) is 10.1 Å². The van der Waals surface area contributed by atoms with Crippen LogP contribution in [-0.2, 0) is 11.4 Å². The molecule has 1 aliphatic rings. The lowest BCUT2D eigenvalue weighted by atomic mass is 9.97. The average Bonchev–Trinajstić information content (AvgIpc) is 3.09. The van der Waals surface area contributed by atoms with Crippen molar-refractivity contribution < 1.29 is 22.4 Å². The number of rotatable bonds is 5. The van der Waals surface area contributed by atoms with Crippen LogP contribution in [0.2, 0.25) is 5.02 Å². The van der Waals surface area contributed by atoms with Gasteiger partial charge in [0, 0.05) is 24.8 Å². The van der Waals surface area contributed by atoms with Crippen LogP contribution in [0.15, 0.2) is 29.6 Å². The fourth-order valence-electron chi connectivity index (χ4n) is 2.74. The largest absolute Gasteiger partial charge is 0.391 e. The fraction of sp³-hybridized carbons (Fsp3) is 0.412. The van der Waals surface area contributed by atoms with E-state index in [1.807, 2.05) is 4.90 Å². The van der Waals surface area contributed by atoms with Crippen LogP contribution in [0.3, 0.4) is 0 Å². The van der Waals surface area contributed by atoms with Crippen molar-refractivity contribution >= 4 is 34.3 Å². The molecule has 0 amide bonds. The van der Waals surface area contributed by atoms with Crippen LogP contribution in [0.1, 0.15) is 23.3 Å². The van der Waals surface area contributed by atoms with E-state index in [0.717, 1.165) is 0 Å². The van der Waals surface area contributed by atoms with E-state index in [0.29, 0.717) is 23.1 Å². The number of halogens is 5. The molecule has 2 aromatic rings. The lowest BCUT2D eigenvalue weighted by molar-refractivity contribution is -0.179. The van der Waals surface area contributed by atoms with Crippen LogP contribution in [-0.4, -0.2) is 30.5 Å². The molecular formula is C17H16ClF4N3OS. The maximum absolute atomic E-state index is 13.6. The normalized spacial score (nSPS) is 16.3. The van der Waals surface area contributed by atoms with Gasteiger partial charge in [0.05, 0.1) is 22.0 Å². The lowest BCUT2D eigenvalue weighted by Crippen LogP contribution is -2.38. The summed E-state index contributed by atoms with van der Waals surface area (Å²) in [6, 6.07) is 4.34. The van der Waals surface area contributed by atoms with Gasteiger partial charge in [-0.1, -0.05) is 34.2 Å². The van der Waals surface area contributed by atoms with E-state index in [1.165, 1.54) is 29.7 Å². The van der Waals surface area contributed by atoms with E-state index in [9.17, 15) is 17.6 Å². The summed E-state index contributed by atoms with van der Waals surface area (Å²) in [5, 5.41) is 4.68. The molecule has 1 aromatic heterocycles. The molecule has 1 aliphatic heterocycles.